The van der Waals surface area contributed by atoms with E-state index in [9.17, 15) is 0 Å². The molecule has 1 nitrogen and oxygen atoms in total. The molecular formula is C7H16N-. The topological polar surface area (TPSA) is 14.1 Å². The summed E-state index contributed by atoms with van der Waals surface area (Å²) < 4.78 is 0. The normalized spacial score (nSPS) is 13.9. The van der Waals surface area contributed by atoms with Crippen molar-refractivity contribution in [2.24, 2.45) is 0 Å². The van der Waals surface area contributed by atoms with E-state index in [1.165, 1.54) is 19.3 Å². The molecule has 0 bridgehead atoms. The Hall–Kier alpha value is -0.0400. The molecule has 0 saturated carbocycles. The molecule has 1 heteroatoms. The fraction of sp³-hybridized carbons (Fsp3) is 1.00. The molecule has 0 heterocycles. The molecule has 1 unspecified atom stereocenters. The number of unbranched alkanes of at least 4 members (excludes halogenated alkanes) is 1. The predicted octanol–water partition coefficient (Wildman–Crippen LogP) is 2.57. The molecule has 0 radical (unpaired) electrons. The molecule has 0 aromatic rings. The number of hydrogen-bond acceptors (Lipinski definition) is 0. The summed E-state index contributed by atoms with van der Waals surface area (Å²) in [4.78, 5) is 0. The molecule has 0 saturated heterocycles. The largest absolute Gasteiger partial charge is 0.662 e. The fourth-order valence-electron chi connectivity index (χ4n) is 0.629. The van der Waals surface area contributed by atoms with E-state index in [0.29, 0.717) is 6.04 Å². The van der Waals surface area contributed by atoms with Gasteiger partial charge >= 0.3 is 0 Å². The zero-order valence-electron chi connectivity index (χ0n) is 6.15. The van der Waals surface area contributed by atoms with Crippen LogP contribution in [0.4, 0.5) is 0 Å². The highest BCUT2D eigenvalue weighted by Crippen LogP contribution is 2.05. The van der Waals surface area contributed by atoms with Crippen LogP contribution in [0.5, 0.6) is 0 Å². The van der Waals surface area contributed by atoms with Crippen LogP contribution in [0.1, 0.15) is 33.1 Å². The van der Waals surface area contributed by atoms with Gasteiger partial charge in [-0.05, 0) is 0 Å². The average Bonchev–Trinajstić information content (AvgIpc) is 1.83. The second kappa shape index (κ2) is 5.10. The van der Waals surface area contributed by atoms with Gasteiger partial charge in [-0.3, -0.25) is 0 Å². The maximum Gasteiger partial charge on any atom is -0.0550 e. The summed E-state index contributed by atoms with van der Waals surface area (Å²) >= 11 is 0. The first-order valence-electron chi connectivity index (χ1n) is 3.40. The van der Waals surface area contributed by atoms with Crippen LogP contribution >= 0.6 is 0 Å². The van der Waals surface area contributed by atoms with Gasteiger partial charge in [-0.1, -0.05) is 33.1 Å². The number of nitrogens with zero attached hydrogens (tertiary/aromatic N) is 1. The number of rotatable bonds is 4. The molecule has 0 aliphatic carbocycles. The van der Waals surface area contributed by atoms with Crippen LogP contribution in [-0.4, -0.2) is 13.1 Å². The maximum absolute atomic E-state index is 4.13. The molecule has 0 spiro atoms. The Labute approximate surface area is 52.5 Å². The van der Waals surface area contributed by atoms with Gasteiger partial charge in [-0.25, -0.2) is 0 Å². The van der Waals surface area contributed by atoms with E-state index < -0.39 is 0 Å². The van der Waals surface area contributed by atoms with Crippen LogP contribution < -0.4 is 0 Å². The van der Waals surface area contributed by atoms with Gasteiger partial charge < -0.3 is 5.32 Å². The molecule has 0 rings (SSSR count). The Morgan fingerprint density at radius 3 is 2.50 bits per heavy atom. The lowest BCUT2D eigenvalue weighted by atomic mass is 10.1. The van der Waals surface area contributed by atoms with Crippen LogP contribution in [0.2, 0.25) is 0 Å². The molecule has 0 N–H and O–H groups in total. The van der Waals surface area contributed by atoms with Crippen LogP contribution in [0.25, 0.3) is 5.32 Å². The lowest BCUT2D eigenvalue weighted by molar-refractivity contribution is 0.657. The van der Waals surface area contributed by atoms with Gasteiger partial charge in [0.25, 0.3) is 0 Å². The highest BCUT2D eigenvalue weighted by molar-refractivity contribution is 4.80. The SMILES string of the molecule is CCCCC(C)[N-]C. The Balaban J connectivity index is 2.86. The van der Waals surface area contributed by atoms with Gasteiger partial charge in [0.2, 0.25) is 0 Å². The quantitative estimate of drug-likeness (QED) is 0.533. The molecule has 0 fully saturated rings. The zero-order chi connectivity index (χ0) is 6.41. The third kappa shape index (κ3) is 4.13. The Kier molecular flexibility index (Phi) is 5.08. The van der Waals surface area contributed by atoms with E-state index in [2.05, 4.69) is 19.2 Å². The highest BCUT2D eigenvalue weighted by atomic mass is 14.8. The van der Waals surface area contributed by atoms with Crippen molar-refractivity contribution in [3.8, 4) is 0 Å². The van der Waals surface area contributed by atoms with Gasteiger partial charge in [-0.2, -0.15) is 7.05 Å². The van der Waals surface area contributed by atoms with E-state index in [0.717, 1.165) is 0 Å². The first-order valence-corrected chi connectivity index (χ1v) is 3.40. The van der Waals surface area contributed by atoms with Crippen molar-refractivity contribution in [3.05, 3.63) is 5.32 Å². The van der Waals surface area contributed by atoms with Crippen LogP contribution in [-0.2, 0) is 0 Å². The molecule has 1 atom stereocenters. The summed E-state index contributed by atoms with van der Waals surface area (Å²) in [7, 11) is 1.89. The summed E-state index contributed by atoms with van der Waals surface area (Å²) in [5.41, 5.74) is 0. The third-order valence-corrected chi connectivity index (χ3v) is 1.42. The van der Waals surface area contributed by atoms with E-state index in [1.807, 2.05) is 7.05 Å². The molecular weight excluding hydrogens is 98.1 g/mol. The van der Waals surface area contributed by atoms with Crippen molar-refractivity contribution in [1.82, 2.24) is 0 Å². The molecule has 8 heavy (non-hydrogen) atoms. The van der Waals surface area contributed by atoms with Gasteiger partial charge in [0.15, 0.2) is 0 Å². The Bertz CT molecular complexity index is 43.7. The minimum absolute atomic E-state index is 0.579. The van der Waals surface area contributed by atoms with Crippen molar-refractivity contribution in [2.45, 2.75) is 39.2 Å². The van der Waals surface area contributed by atoms with Gasteiger partial charge in [0.05, 0.1) is 0 Å². The lowest BCUT2D eigenvalue weighted by Crippen LogP contribution is -1.96. The maximum atomic E-state index is 4.13. The molecule has 0 aliphatic rings. The molecule has 0 aromatic heterocycles. The van der Waals surface area contributed by atoms with E-state index in [-0.39, 0.29) is 0 Å². The van der Waals surface area contributed by atoms with Gasteiger partial charge in [0, 0.05) is 0 Å². The second-order valence-corrected chi connectivity index (χ2v) is 2.25. The van der Waals surface area contributed by atoms with Crippen LogP contribution in [0.15, 0.2) is 0 Å². The monoisotopic (exact) mass is 114 g/mol. The third-order valence-electron chi connectivity index (χ3n) is 1.42. The molecule has 0 aliphatic heterocycles. The van der Waals surface area contributed by atoms with Crippen molar-refractivity contribution in [2.75, 3.05) is 7.05 Å². The first kappa shape index (κ1) is 7.96. The Morgan fingerprint density at radius 1 is 1.50 bits per heavy atom. The minimum Gasteiger partial charge on any atom is -0.662 e. The van der Waals surface area contributed by atoms with Gasteiger partial charge in [0.1, 0.15) is 0 Å². The summed E-state index contributed by atoms with van der Waals surface area (Å²) in [6, 6.07) is 0.579. The van der Waals surface area contributed by atoms with E-state index in [4.69, 9.17) is 0 Å². The van der Waals surface area contributed by atoms with E-state index in [1.54, 1.807) is 0 Å². The number of hydrogen-bond donors (Lipinski definition) is 0. The Morgan fingerprint density at radius 2 is 2.12 bits per heavy atom. The van der Waals surface area contributed by atoms with Crippen molar-refractivity contribution < 1.29 is 0 Å². The predicted molar refractivity (Wildman–Crippen MR) is 38.3 cm³/mol. The second-order valence-electron chi connectivity index (χ2n) is 2.25. The lowest BCUT2D eigenvalue weighted by Gasteiger charge is -2.21. The van der Waals surface area contributed by atoms with Crippen molar-refractivity contribution >= 4 is 0 Å². The highest BCUT2D eigenvalue weighted by Gasteiger charge is 1.84. The minimum atomic E-state index is 0.579. The fourth-order valence-corrected chi connectivity index (χ4v) is 0.629. The van der Waals surface area contributed by atoms with Crippen LogP contribution in [0.3, 0.4) is 0 Å². The molecule has 0 amide bonds. The summed E-state index contributed by atoms with van der Waals surface area (Å²) in [5.74, 6) is 0. The van der Waals surface area contributed by atoms with Crippen molar-refractivity contribution in [3.63, 3.8) is 0 Å². The van der Waals surface area contributed by atoms with E-state index >= 15 is 0 Å². The van der Waals surface area contributed by atoms with Gasteiger partial charge in [-0.15, -0.1) is 6.04 Å². The molecule has 0 aromatic carbocycles. The van der Waals surface area contributed by atoms with Crippen LogP contribution in [0, 0.1) is 0 Å². The average molecular weight is 114 g/mol. The van der Waals surface area contributed by atoms with Crippen molar-refractivity contribution in [1.29, 1.82) is 0 Å². The summed E-state index contributed by atoms with van der Waals surface area (Å²) in [5, 5.41) is 4.13. The molecule has 50 valence electrons. The first-order chi connectivity index (χ1) is 3.81. The summed E-state index contributed by atoms with van der Waals surface area (Å²) in [6.07, 6.45) is 3.87. The smallest absolute Gasteiger partial charge is 0.0550 e. The zero-order valence-corrected chi connectivity index (χ0v) is 6.15. The standard InChI is InChI=1S/C7H16N/c1-4-5-6-7(2)8-3/h7H,4-6H2,1-3H3/q-1. The summed E-state index contributed by atoms with van der Waals surface area (Å²) in [6.45, 7) is 4.37.